The Labute approximate surface area is 138 Å². The van der Waals surface area contributed by atoms with Gasteiger partial charge in [0, 0.05) is 21.2 Å². The number of amides is 1. The molecule has 5 heteroatoms. The Morgan fingerprint density at radius 1 is 1.29 bits per heavy atom. The smallest absolute Gasteiger partial charge is 0.263 e. The van der Waals surface area contributed by atoms with E-state index < -0.39 is 0 Å². The van der Waals surface area contributed by atoms with Crippen LogP contribution in [0, 0.1) is 5.92 Å². The van der Waals surface area contributed by atoms with Crippen molar-refractivity contribution in [1.29, 1.82) is 0 Å². The molecule has 3 rings (SSSR count). The van der Waals surface area contributed by atoms with Crippen LogP contribution in [0.25, 0.3) is 10.1 Å². The van der Waals surface area contributed by atoms with Crippen LogP contribution >= 0.6 is 34.5 Å². The molecule has 1 fully saturated rings. The number of fused-ring (bicyclic) bond motifs is 1. The van der Waals surface area contributed by atoms with Gasteiger partial charge < -0.3 is 5.32 Å². The van der Waals surface area contributed by atoms with Gasteiger partial charge in [0.15, 0.2) is 0 Å². The third-order valence-electron chi connectivity index (χ3n) is 4.23. The van der Waals surface area contributed by atoms with Gasteiger partial charge in [0.1, 0.15) is 4.88 Å². The lowest BCUT2D eigenvalue weighted by Gasteiger charge is -2.29. The van der Waals surface area contributed by atoms with Gasteiger partial charge in [-0.15, -0.1) is 11.3 Å². The van der Waals surface area contributed by atoms with Crippen molar-refractivity contribution in [2.45, 2.75) is 38.6 Å². The second kappa shape index (κ2) is 6.15. The van der Waals surface area contributed by atoms with E-state index in [9.17, 15) is 4.79 Å². The monoisotopic (exact) mass is 341 g/mol. The van der Waals surface area contributed by atoms with E-state index in [0.717, 1.165) is 16.5 Å². The predicted octanol–water partition coefficient (Wildman–Crippen LogP) is 5.52. The van der Waals surface area contributed by atoms with E-state index in [-0.39, 0.29) is 11.9 Å². The highest BCUT2D eigenvalue weighted by atomic mass is 35.5. The molecule has 0 saturated heterocycles. The first-order chi connectivity index (χ1) is 10.1. The summed E-state index contributed by atoms with van der Waals surface area (Å²) >= 11 is 13.8. The second-order valence-electron chi connectivity index (χ2n) is 5.73. The average molecular weight is 342 g/mol. The minimum Gasteiger partial charge on any atom is -0.348 e. The molecule has 0 radical (unpaired) electrons. The number of nitrogens with one attached hydrogen (secondary N) is 1. The molecule has 2 aromatic rings. The Hall–Kier alpha value is -0.770. The molecule has 0 spiro atoms. The van der Waals surface area contributed by atoms with E-state index in [1.165, 1.54) is 30.6 Å². The first-order valence-electron chi connectivity index (χ1n) is 7.24. The Morgan fingerprint density at radius 3 is 2.81 bits per heavy atom. The molecule has 2 unspecified atom stereocenters. The molecular weight excluding hydrogens is 325 g/mol. The van der Waals surface area contributed by atoms with Crippen LogP contribution in [-0.4, -0.2) is 11.9 Å². The Kier molecular flexibility index (Phi) is 4.43. The summed E-state index contributed by atoms with van der Waals surface area (Å²) < 4.78 is 0.953. The van der Waals surface area contributed by atoms with Gasteiger partial charge in [0.25, 0.3) is 5.91 Å². The number of carbonyl (C=O) groups is 1. The molecule has 0 bridgehead atoms. The fourth-order valence-electron chi connectivity index (χ4n) is 2.95. The van der Waals surface area contributed by atoms with Crippen LogP contribution in [0.1, 0.15) is 42.3 Å². The van der Waals surface area contributed by atoms with E-state index in [1.807, 2.05) is 12.1 Å². The van der Waals surface area contributed by atoms with Gasteiger partial charge in [-0.05, 0) is 30.9 Å². The Morgan fingerprint density at radius 2 is 2.05 bits per heavy atom. The zero-order chi connectivity index (χ0) is 15.0. The van der Waals surface area contributed by atoms with E-state index in [4.69, 9.17) is 23.2 Å². The molecule has 1 amide bonds. The maximum absolute atomic E-state index is 12.5. The summed E-state index contributed by atoms with van der Waals surface area (Å²) in [5.74, 6) is 0.473. The summed E-state index contributed by atoms with van der Waals surface area (Å²) in [6.45, 7) is 2.20. The van der Waals surface area contributed by atoms with Gasteiger partial charge in [-0.1, -0.05) is 49.0 Å². The van der Waals surface area contributed by atoms with Crippen molar-refractivity contribution >= 4 is 50.5 Å². The number of hydrogen-bond acceptors (Lipinski definition) is 2. The summed E-state index contributed by atoms with van der Waals surface area (Å²) in [6, 6.07) is 5.79. The minimum absolute atomic E-state index is 0.0592. The molecule has 1 aliphatic carbocycles. The minimum atomic E-state index is -0.0592. The highest BCUT2D eigenvalue weighted by molar-refractivity contribution is 7.21. The van der Waals surface area contributed by atoms with Crippen molar-refractivity contribution in [1.82, 2.24) is 5.32 Å². The fourth-order valence-corrected chi connectivity index (χ4v) is 4.65. The molecular formula is C16H17Cl2NOS. The number of halogens is 2. The third-order valence-corrected chi connectivity index (χ3v) is 6.12. The maximum Gasteiger partial charge on any atom is 0.263 e. The normalized spacial score (nSPS) is 22.4. The quantitative estimate of drug-likeness (QED) is 0.765. The number of hydrogen-bond donors (Lipinski definition) is 1. The molecule has 1 aromatic carbocycles. The lowest BCUT2D eigenvalue weighted by atomic mass is 9.86. The number of benzene rings is 1. The highest BCUT2D eigenvalue weighted by Gasteiger charge is 2.25. The van der Waals surface area contributed by atoms with E-state index in [0.29, 0.717) is 20.8 Å². The topological polar surface area (TPSA) is 29.1 Å². The summed E-state index contributed by atoms with van der Waals surface area (Å²) in [5.41, 5.74) is 0. The van der Waals surface area contributed by atoms with E-state index >= 15 is 0 Å². The highest BCUT2D eigenvalue weighted by Crippen LogP contribution is 2.37. The average Bonchev–Trinajstić information content (AvgIpc) is 2.78. The largest absolute Gasteiger partial charge is 0.348 e. The Bertz CT molecular complexity index is 682. The van der Waals surface area contributed by atoms with Crippen LogP contribution in [0.15, 0.2) is 18.2 Å². The lowest BCUT2D eigenvalue weighted by Crippen LogP contribution is -2.40. The lowest BCUT2D eigenvalue weighted by molar-refractivity contribution is 0.0914. The van der Waals surface area contributed by atoms with E-state index in [2.05, 4.69) is 12.2 Å². The zero-order valence-electron chi connectivity index (χ0n) is 11.8. The van der Waals surface area contributed by atoms with Crippen molar-refractivity contribution in [3.8, 4) is 0 Å². The fraction of sp³-hybridized carbons (Fsp3) is 0.438. The van der Waals surface area contributed by atoms with Crippen LogP contribution in [0.2, 0.25) is 10.0 Å². The molecule has 2 atom stereocenters. The van der Waals surface area contributed by atoms with Crippen molar-refractivity contribution in [2.24, 2.45) is 5.92 Å². The first-order valence-corrected chi connectivity index (χ1v) is 8.82. The van der Waals surface area contributed by atoms with Crippen molar-refractivity contribution in [3.63, 3.8) is 0 Å². The summed E-state index contributed by atoms with van der Waals surface area (Å²) in [4.78, 5) is 13.1. The molecule has 1 N–H and O–H groups in total. The van der Waals surface area contributed by atoms with Gasteiger partial charge in [-0.25, -0.2) is 0 Å². The van der Waals surface area contributed by atoms with Gasteiger partial charge in [0.2, 0.25) is 0 Å². The summed E-state index contributed by atoms with van der Waals surface area (Å²) in [6.07, 6.45) is 4.68. The second-order valence-corrected chi connectivity index (χ2v) is 7.59. The van der Waals surface area contributed by atoms with Gasteiger partial charge in [-0.3, -0.25) is 4.79 Å². The number of carbonyl (C=O) groups excluding carboxylic acids is 1. The van der Waals surface area contributed by atoms with Crippen LogP contribution in [0.4, 0.5) is 0 Å². The van der Waals surface area contributed by atoms with Gasteiger partial charge in [-0.2, -0.15) is 0 Å². The molecule has 1 saturated carbocycles. The van der Waals surface area contributed by atoms with Crippen molar-refractivity contribution < 1.29 is 4.79 Å². The molecule has 0 aliphatic heterocycles. The molecule has 1 aliphatic rings. The Balaban J connectivity index is 1.85. The summed E-state index contributed by atoms with van der Waals surface area (Å²) in [7, 11) is 0. The van der Waals surface area contributed by atoms with Crippen molar-refractivity contribution in [2.75, 3.05) is 0 Å². The SMILES string of the molecule is CC1CCCCC1NC(=O)c1sc2cc(Cl)ccc2c1Cl. The third kappa shape index (κ3) is 3.05. The standard InChI is InChI=1S/C16H17Cl2NOS/c1-9-4-2-3-5-12(9)19-16(20)15-14(18)11-7-6-10(17)8-13(11)21-15/h6-9,12H,2-5H2,1H3,(H,19,20). The molecule has 1 aromatic heterocycles. The van der Waals surface area contributed by atoms with Crippen molar-refractivity contribution in [3.05, 3.63) is 33.1 Å². The van der Waals surface area contributed by atoms with Gasteiger partial charge in [0.05, 0.1) is 5.02 Å². The van der Waals surface area contributed by atoms with E-state index in [1.54, 1.807) is 6.07 Å². The molecule has 1 heterocycles. The number of rotatable bonds is 2. The molecule has 112 valence electrons. The van der Waals surface area contributed by atoms with Crippen LogP contribution in [-0.2, 0) is 0 Å². The van der Waals surface area contributed by atoms with Gasteiger partial charge >= 0.3 is 0 Å². The van der Waals surface area contributed by atoms with Crippen LogP contribution in [0.3, 0.4) is 0 Å². The summed E-state index contributed by atoms with van der Waals surface area (Å²) in [5, 5.41) is 5.25. The predicted molar refractivity (Wildman–Crippen MR) is 90.7 cm³/mol. The first kappa shape index (κ1) is 15.1. The molecule has 2 nitrogen and oxygen atoms in total. The van der Waals surface area contributed by atoms with Crippen LogP contribution in [0.5, 0.6) is 0 Å². The zero-order valence-corrected chi connectivity index (χ0v) is 14.1. The van der Waals surface area contributed by atoms with Crippen LogP contribution < -0.4 is 5.32 Å². The molecule has 21 heavy (non-hydrogen) atoms. The number of thiophene rings is 1. The maximum atomic E-state index is 12.5.